The maximum absolute atomic E-state index is 14.0. The van der Waals surface area contributed by atoms with Crippen molar-refractivity contribution in [2.75, 3.05) is 19.7 Å². The van der Waals surface area contributed by atoms with Crippen molar-refractivity contribution in [3.63, 3.8) is 0 Å². The Morgan fingerprint density at radius 1 is 1.33 bits per heavy atom. The second-order valence-corrected chi connectivity index (χ2v) is 4.64. The SMILES string of the molecule is Cl.OCC12CCCCC(CNC1)C2(F)F. The van der Waals surface area contributed by atoms with E-state index in [-0.39, 0.29) is 19.0 Å². The first-order valence-corrected chi connectivity index (χ1v) is 5.32. The number of rotatable bonds is 1. The van der Waals surface area contributed by atoms with Crippen LogP contribution < -0.4 is 5.32 Å². The first-order chi connectivity index (χ1) is 6.62. The first-order valence-electron chi connectivity index (χ1n) is 5.32. The number of halogens is 3. The smallest absolute Gasteiger partial charge is 0.261 e. The molecule has 2 aliphatic rings. The third-order valence-electron chi connectivity index (χ3n) is 3.83. The van der Waals surface area contributed by atoms with Crippen molar-refractivity contribution in [3.8, 4) is 0 Å². The quantitative estimate of drug-likeness (QED) is 0.734. The summed E-state index contributed by atoms with van der Waals surface area (Å²) in [5.41, 5.74) is -1.19. The molecule has 2 rings (SSSR count). The number of aliphatic hydroxyl groups excluding tert-OH is 1. The van der Waals surface area contributed by atoms with Crippen molar-refractivity contribution in [2.45, 2.75) is 31.6 Å². The number of piperidine rings is 1. The van der Waals surface area contributed by atoms with E-state index >= 15 is 0 Å². The van der Waals surface area contributed by atoms with E-state index in [1.54, 1.807) is 0 Å². The molecule has 15 heavy (non-hydrogen) atoms. The number of hydrogen-bond donors (Lipinski definition) is 2. The largest absolute Gasteiger partial charge is 0.396 e. The molecule has 1 aliphatic heterocycles. The lowest BCUT2D eigenvalue weighted by Crippen LogP contribution is -2.60. The molecule has 0 spiro atoms. The summed E-state index contributed by atoms with van der Waals surface area (Å²) >= 11 is 0. The molecule has 2 N–H and O–H groups in total. The Morgan fingerprint density at radius 2 is 2.07 bits per heavy atom. The van der Waals surface area contributed by atoms with Crippen LogP contribution in [0.3, 0.4) is 0 Å². The van der Waals surface area contributed by atoms with Crippen LogP contribution in [0.5, 0.6) is 0 Å². The van der Waals surface area contributed by atoms with Gasteiger partial charge < -0.3 is 10.4 Å². The van der Waals surface area contributed by atoms with Crippen LogP contribution in [0.4, 0.5) is 8.78 Å². The highest BCUT2D eigenvalue weighted by molar-refractivity contribution is 5.85. The van der Waals surface area contributed by atoms with Crippen molar-refractivity contribution in [3.05, 3.63) is 0 Å². The van der Waals surface area contributed by atoms with E-state index < -0.39 is 23.9 Å². The first kappa shape index (κ1) is 13.1. The highest BCUT2D eigenvalue weighted by atomic mass is 35.5. The Balaban J connectivity index is 0.00000112. The fourth-order valence-corrected chi connectivity index (χ4v) is 2.80. The van der Waals surface area contributed by atoms with Crippen LogP contribution >= 0.6 is 12.4 Å². The van der Waals surface area contributed by atoms with E-state index in [1.807, 2.05) is 0 Å². The highest BCUT2D eigenvalue weighted by Crippen LogP contribution is 2.50. The van der Waals surface area contributed by atoms with Crippen LogP contribution in [-0.4, -0.2) is 30.7 Å². The minimum absolute atomic E-state index is 0. The van der Waals surface area contributed by atoms with Gasteiger partial charge in [0.1, 0.15) is 0 Å². The highest BCUT2D eigenvalue weighted by Gasteiger charge is 2.59. The Bertz CT molecular complexity index is 227. The van der Waals surface area contributed by atoms with Crippen LogP contribution in [-0.2, 0) is 0 Å². The van der Waals surface area contributed by atoms with Crippen LogP contribution in [0, 0.1) is 11.3 Å². The van der Waals surface area contributed by atoms with Gasteiger partial charge in [-0.1, -0.05) is 12.8 Å². The van der Waals surface area contributed by atoms with E-state index in [1.165, 1.54) is 0 Å². The second kappa shape index (κ2) is 4.52. The van der Waals surface area contributed by atoms with Crippen LogP contribution in [0.1, 0.15) is 25.7 Å². The summed E-state index contributed by atoms with van der Waals surface area (Å²) < 4.78 is 28.1. The summed E-state index contributed by atoms with van der Waals surface area (Å²) in [6.45, 7) is 0.255. The molecule has 2 bridgehead atoms. The van der Waals surface area contributed by atoms with E-state index in [0.29, 0.717) is 19.4 Å². The molecule has 1 heterocycles. The lowest BCUT2D eigenvalue weighted by Gasteiger charge is -2.45. The summed E-state index contributed by atoms with van der Waals surface area (Å²) in [5.74, 6) is -3.27. The molecule has 2 unspecified atom stereocenters. The molecule has 90 valence electrons. The summed E-state index contributed by atoms with van der Waals surface area (Å²) in [7, 11) is 0. The number of fused-ring (bicyclic) bond motifs is 2. The van der Waals surface area contributed by atoms with Crippen molar-refractivity contribution < 1.29 is 13.9 Å². The van der Waals surface area contributed by atoms with Crippen molar-refractivity contribution in [1.82, 2.24) is 5.32 Å². The summed E-state index contributed by atoms with van der Waals surface area (Å²) in [6.07, 6.45) is 2.71. The molecule has 2 atom stereocenters. The van der Waals surface area contributed by atoms with E-state index in [4.69, 9.17) is 0 Å². The summed E-state index contributed by atoms with van der Waals surface area (Å²) in [5, 5.41) is 12.3. The topological polar surface area (TPSA) is 32.3 Å². The third kappa shape index (κ3) is 1.87. The minimum atomic E-state index is -2.69. The normalized spacial score (nSPS) is 39.0. The standard InChI is InChI=1S/C10H17F2NO.ClH/c11-10(12)8-3-1-2-4-9(10,7-14)6-13-5-8;/h8,13-14H,1-7H2;1H. The molecule has 1 saturated heterocycles. The van der Waals surface area contributed by atoms with Gasteiger partial charge in [0.2, 0.25) is 0 Å². The molecule has 1 saturated carbocycles. The predicted molar refractivity (Wildman–Crippen MR) is 56.5 cm³/mol. The molecule has 0 aromatic carbocycles. The van der Waals surface area contributed by atoms with Gasteiger partial charge in [-0.25, -0.2) is 8.78 Å². The van der Waals surface area contributed by atoms with Gasteiger partial charge in [0.05, 0.1) is 12.0 Å². The van der Waals surface area contributed by atoms with E-state index in [0.717, 1.165) is 12.8 Å². The molecule has 2 nitrogen and oxygen atoms in total. The van der Waals surface area contributed by atoms with Crippen molar-refractivity contribution >= 4 is 12.4 Å². The number of aliphatic hydroxyl groups is 1. The molecule has 1 aliphatic carbocycles. The lowest BCUT2D eigenvalue weighted by atomic mass is 9.71. The van der Waals surface area contributed by atoms with Crippen molar-refractivity contribution in [1.29, 1.82) is 0 Å². The zero-order chi connectivity index (χ0) is 10.2. The second-order valence-electron chi connectivity index (χ2n) is 4.64. The zero-order valence-corrected chi connectivity index (χ0v) is 9.45. The van der Waals surface area contributed by atoms with Gasteiger partial charge >= 0.3 is 0 Å². The van der Waals surface area contributed by atoms with Gasteiger partial charge in [-0.2, -0.15) is 0 Å². The fraction of sp³-hybridized carbons (Fsp3) is 1.00. The van der Waals surface area contributed by atoms with Gasteiger partial charge in [-0.3, -0.25) is 0 Å². The monoisotopic (exact) mass is 241 g/mol. The van der Waals surface area contributed by atoms with Crippen molar-refractivity contribution in [2.24, 2.45) is 11.3 Å². The average molecular weight is 242 g/mol. The van der Waals surface area contributed by atoms with Gasteiger partial charge in [-0.15, -0.1) is 12.4 Å². The molecule has 0 aromatic rings. The maximum atomic E-state index is 14.0. The molecular formula is C10H18ClF2NO. The van der Waals surface area contributed by atoms with Crippen LogP contribution in [0.2, 0.25) is 0 Å². The fourth-order valence-electron chi connectivity index (χ4n) is 2.80. The summed E-state index contributed by atoms with van der Waals surface area (Å²) in [6, 6.07) is 0. The Labute approximate surface area is 94.8 Å². The number of nitrogens with one attached hydrogen (secondary N) is 1. The molecule has 0 aromatic heterocycles. The Morgan fingerprint density at radius 3 is 2.73 bits per heavy atom. The van der Waals surface area contributed by atoms with Crippen LogP contribution in [0.25, 0.3) is 0 Å². The van der Waals surface area contributed by atoms with Gasteiger partial charge in [0.25, 0.3) is 5.92 Å². The van der Waals surface area contributed by atoms with Gasteiger partial charge in [-0.05, 0) is 12.8 Å². The molecular weight excluding hydrogens is 224 g/mol. The third-order valence-corrected chi connectivity index (χ3v) is 3.83. The number of hydrogen-bond acceptors (Lipinski definition) is 2. The zero-order valence-electron chi connectivity index (χ0n) is 8.64. The Hall–Kier alpha value is 0.0700. The van der Waals surface area contributed by atoms with Crippen LogP contribution in [0.15, 0.2) is 0 Å². The maximum Gasteiger partial charge on any atom is 0.261 e. The predicted octanol–water partition coefficient (Wildman–Crippen LogP) is 1.82. The summed E-state index contributed by atoms with van der Waals surface area (Å²) in [4.78, 5) is 0. The molecule has 2 fully saturated rings. The Kier molecular flexibility index (Phi) is 3.95. The average Bonchev–Trinajstić information content (AvgIpc) is 2.27. The molecule has 0 radical (unpaired) electrons. The van der Waals surface area contributed by atoms with E-state index in [2.05, 4.69) is 5.32 Å². The minimum Gasteiger partial charge on any atom is -0.396 e. The van der Waals surface area contributed by atoms with Gasteiger partial charge in [0.15, 0.2) is 0 Å². The number of alkyl halides is 2. The van der Waals surface area contributed by atoms with Gasteiger partial charge in [0, 0.05) is 19.0 Å². The molecule has 5 heteroatoms. The molecule has 0 amide bonds. The lowest BCUT2D eigenvalue weighted by molar-refractivity contribution is -0.192. The van der Waals surface area contributed by atoms with E-state index in [9.17, 15) is 13.9 Å².